The molecule has 19 heavy (non-hydrogen) atoms. The van der Waals surface area contributed by atoms with Crippen molar-refractivity contribution in [3.63, 3.8) is 0 Å². The maximum absolute atomic E-state index is 11.7. The van der Waals surface area contributed by atoms with Crippen molar-refractivity contribution in [3.05, 3.63) is 29.8 Å². The summed E-state index contributed by atoms with van der Waals surface area (Å²) in [6.07, 6.45) is 0. The van der Waals surface area contributed by atoms with E-state index in [0.29, 0.717) is 10.6 Å². The zero-order valence-electron chi connectivity index (χ0n) is 10.8. The Morgan fingerprint density at radius 2 is 1.79 bits per heavy atom. The molecule has 1 aromatic rings. The number of carboxylic acid groups (broad SMARTS) is 1. The Kier molecular flexibility index (Phi) is 5.05. The Hall–Kier alpha value is -2.37. The van der Waals surface area contributed by atoms with Crippen molar-refractivity contribution in [1.29, 1.82) is 0 Å². The molecule has 0 fully saturated rings. The minimum Gasteiger partial charge on any atom is -0.484 e. The van der Waals surface area contributed by atoms with Crippen molar-refractivity contribution in [1.82, 2.24) is 4.90 Å². The molecule has 0 atom stereocenters. The molecule has 0 radical (unpaired) electrons. The normalized spacial score (nSPS) is 9.79. The number of carbonyl (C=O) groups excluding carboxylic acids is 2. The first kappa shape index (κ1) is 14.7. The first-order chi connectivity index (χ1) is 8.90. The third-order valence-electron chi connectivity index (χ3n) is 2.36. The molecule has 1 N–H and O–H groups in total. The lowest BCUT2D eigenvalue weighted by Gasteiger charge is -2.16. The zero-order chi connectivity index (χ0) is 14.4. The van der Waals surface area contributed by atoms with Crippen LogP contribution in [0.1, 0.15) is 12.5 Å². The molecule has 0 spiro atoms. The molecular formula is C13H15NO5. The summed E-state index contributed by atoms with van der Waals surface area (Å²) in [5.74, 6) is -2.08. The molecule has 0 aliphatic carbocycles. The number of hydrogen-bond donors (Lipinski definition) is 1. The summed E-state index contributed by atoms with van der Waals surface area (Å²) in [6.45, 7) is 2.01. The van der Waals surface area contributed by atoms with Crippen LogP contribution in [0.2, 0.25) is 0 Å². The predicted octanol–water partition coefficient (Wildman–Crippen LogP) is 0.834. The average Bonchev–Trinajstić information content (AvgIpc) is 2.34. The van der Waals surface area contributed by atoms with Crippen LogP contribution in [0.25, 0.3) is 0 Å². The van der Waals surface area contributed by atoms with Gasteiger partial charge in [0.1, 0.15) is 12.3 Å². The molecular weight excluding hydrogens is 250 g/mol. The van der Waals surface area contributed by atoms with Crippen LogP contribution >= 0.6 is 0 Å². The van der Waals surface area contributed by atoms with Crippen LogP contribution in [-0.2, 0) is 14.4 Å². The number of carbonyl (C=O) groups is 3. The van der Waals surface area contributed by atoms with Gasteiger partial charge in [0.05, 0.1) is 0 Å². The summed E-state index contributed by atoms with van der Waals surface area (Å²) < 4.78 is 5.20. The van der Waals surface area contributed by atoms with Crippen LogP contribution in [-0.4, -0.2) is 40.9 Å². The van der Waals surface area contributed by atoms with Gasteiger partial charge in [0.2, 0.25) is 5.91 Å². The van der Waals surface area contributed by atoms with E-state index in [1.54, 1.807) is 12.1 Å². The summed E-state index contributed by atoms with van der Waals surface area (Å²) in [6, 6.07) is 7.02. The lowest BCUT2D eigenvalue weighted by molar-refractivity contribution is -0.152. The fourth-order valence-corrected chi connectivity index (χ4v) is 1.37. The third-order valence-corrected chi connectivity index (χ3v) is 2.36. The second-order valence-electron chi connectivity index (χ2n) is 3.99. The topological polar surface area (TPSA) is 83.9 Å². The number of carboxylic acids is 1. The summed E-state index contributed by atoms with van der Waals surface area (Å²) in [7, 11) is 0. The van der Waals surface area contributed by atoms with Crippen molar-refractivity contribution in [2.45, 2.75) is 13.8 Å². The molecule has 0 saturated carbocycles. The van der Waals surface area contributed by atoms with E-state index in [0.717, 1.165) is 12.5 Å². The average molecular weight is 265 g/mol. The Morgan fingerprint density at radius 1 is 1.21 bits per heavy atom. The van der Waals surface area contributed by atoms with Crippen molar-refractivity contribution in [2.75, 3.05) is 13.2 Å². The van der Waals surface area contributed by atoms with Gasteiger partial charge in [-0.1, -0.05) is 17.7 Å². The number of aryl methyl sites for hydroxylation is 1. The Labute approximate surface area is 110 Å². The number of nitrogens with zero attached hydrogens (tertiary/aromatic N) is 1. The van der Waals surface area contributed by atoms with Crippen LogP contribution in [0.3, 0.4) is 0 Å². The number of amides is 2. The molecule has 6 nitrogen and oxygen atoms in total. The molecule has 0 bridgehead atoms. The highest BCUT2D eigenvalue weighted by molar-refractivity contribution is 5.97. The number of ether oxygens (including phenoxy) is 1. The van der Waals surface area contributed by atoms with Gasteiger partial charge in [-0.25, -0.2) is 0 Å². The highest BCUT2D eigenvalue weighted by Gasteiger charge is 2.21. The van der Waals surface area contributed by atoms with Gasteiger partial charge in [-0.05, 0) is 19.1 Å². The molecule has 1 rings (SSSR count). The van der Waals surface area contributed by atoms with Crippen LogP contribution in [0.4, 0.5) is 0 Å². The SMILES string of the molecule is CC(=O)N(CC(=O)O)C(=O)COc1ccc(C)cc1. The number of aliphatic carboxylic acids is 1. The molecule has 2 amide bonds. The number of rotatable bonds is 5. The Morgan fingerprint density at radius 3 is 2.26 bits per heavy atom. The fraction of sp³-hybridized carbons (Fsp3) is 0.308. The predicted molar refractivity (Wildman–Crippen MR) is 66.7 cm³/mol. The van der Waals surface area contributed by atoms with Gasteiger partial charge in [0, 0.05) is 6.92 Å². The number of benzene rings is 1. The third kappa shape index (κ3) is 4.79. The van der Waals surface area contributed by atoms with E-state index in [-0.39, 0.29) is 6.61 Å². The van der Waals surface area contributed by atoms with Crippen LogP contribution in [0.5, 0.6) is 5.75 Å². The lowest BCUT2D eigenvalue weighted by Crippen LogP contribution is -2.41. The van der Waals surface area contributed by atoms with E-state index >= 15 is 0 Å². The van der Waals surface area contributed by atoms with Crippen molar-refractivity contribution >= 4 is 17.8 Å². The maximum Gasteiger partial charge on any atom is 0.323 e. The van der Waals surface area contributed by atoms with Crippen molar-refractivity contribution in [2.24, 2.45) is 0 Å². The molecule has 0 unspecified atom stereocenters. The molecule has 0 heterocycles. The van der Waals surface area contributed by atoms with Crippen LogP contribution in [0, 0.1) is 6.92 Å². The van der Waals surface area contributed by atoms with E-state index in [1.165, 1.54) is 0 Å². The number of hydrogen-bond acceptors (Lipinski definition) is 4. The van der Waals surface area contributed by atoms with Crippen molar-refractivity contribution < 1.29 is 24.2 Å². The van der Waals surface area contributed by atoms with Gasteiger partial charge in [0.15, 0.2) is 6.61 Å². The maximum atomic E-state index is 11.7. The smallest absolute Gasteiger partial charge is 0.323 e. The first-order valence-electron chi connectivity index (χ1n) is 5.62. The molecule has 0 aliphatic heterocycles. The quantitative estimate of drug-likeness (QED) is 0.852. The first-order valence-corrected chi connectivity index (χ1v) is 5.62. The van der Waals surface area contributed by atoms with Gasteiger partial charge >= 0.3 is 5.97 Å². The standard InChI is InChI=1S/C13H15NO5/c1-9-3-5-11(6-4-9)19-8-12(16)14(10(2)15)7-13(17)18/h3-6H,7-8H2,1-2H3,(H,17,18). The van der Waals surface area contributed by atoms with E-state index in [9.17, 15) is 14.4 Å². The largest absolute Gasteiger partial charge is 0.484 e. The van der Waals surface area contributed by atoms with Gasteiger partial charge < -0.3 is 9.84 Å². The minimum absolute atomic E-state index is 0.379. The zero-order valence-corrected chi connectivity index (χ0v) is 10.8. The van der Waals surface area contributed by atoms with E-state index in [2.05, 4.69) is 0 Å². The lowest BCUT2D eigenvalue weighted by atomic mass is 10.2. The minimum atomic E-state index is -1.25. The second-order valence-corrected chi connectivity index (χ2v) is 3.99. The molecule has 1 aromatic carbocycles. The molecule has 0 aliphatic rings. The second kappa shape index (κ2) is 6.53. The van der Waals surface area contributed by atoms with Crippen LogP contribution in [0.15, 0.2) is 24.3 Å². The summed E-state index contributed by atoms with van der Waals surface area (Å²) >= 11 is 0. The summed E-state index contributed by atoms with van der Waals surface area (Å²) in [5, 5.41) is 8.61. The van der Waals surface area contributed by atoms with Gasteiger partial charge in [-0.2, -0.15) is 0 Å². The van der Waals surface area contributed by atoms with Gasteiger partial charge in [0.25, 0.3) is 5.91 Å². The fourth-order valence-electron chi connectivity index (χ4n) is 1.37. The summed E-state index contributed by atoms with van der Waals surface area (Å²) in [5.41, 5.74) is 1.05. The Balaban J connectivity index is 2.59. The number of imide groups is 1. The monoisotopic (exact) mass is 265 g/mol. The molecule has 102 valence electrons. The van der Waals surface area contributed by atoms with E-state index in [1.807, 2.05) is 19.1 Å². The highest BCUT2D eigenvalue weighted by atomic mass is 16.5. The van der Waals surface area contributed by atoms with Gasteiger partial charge in [-0.3, -0.25) is 19.3 Å². The van der Waals surface area contributed by atoms with Crippen molar-refractivity contribution in [3.8, 4) is 5.75 Å². The van der Waals surface area contributed by atoms with E-state index < -0.39 is 24.3 Å². The molecule has 6 heteroatoms. The van der Waals surface area contributed by atoms with Gasteiger partial charge in [-0.15, -0.1) is 0 Å². The Bertz CT molecular complexity index is 480. The highest BCUT2D eigenvalue weighted by Crippen LogP contribution is 2.11. The molecule has 0 aromatic heterocycles. The summed E-state index contributed by atoms with van der Waals surface area (Å²) in [4.78, 5) is 34.0. The van der Waals surface area contributed by atoms with E-state index in [4.69, 9.17) is 9.84 Å². The molecule has 0 saturated heterocycles. The van der Waals surface area contributed by atoms with Crippen LogP contribution < -0.4 is 4.74 Å².